The van der Waals surface area contributed by atoms with Gasteiger partial charge in [0.1, 0.15) is 0 Å². The Bertz CT molecular complexity index is 646. The molecule has 0 fully saturated rings. The van der Waals surface area contributed by atoms with Crippen LogP contribution in [0.1, 0.15) is 5.56 Å². The zero-order chi connectivity index (χ0) is 13.8. The van der Waals surface area contributed by atoms with E-state index in [1.807, 2.05) is 0 Å². The lowest BCUT2D eigenvalue weighted by Crippen LogP contribution is -1.81. The molecule has 0 spiro atoms. The van der Waals surface area contributed by atoms with E-state index in [0.29, 0.717) is 5.92 Å². The zero-order valence-electron chi connectivity index (χ0n) is 11.0. The summed E-state index contributed by atoms with van der Waals surface area (Å²) < 4.78 is 1.11. The van der Waals surface area contributed by atoms with Crippen LogP contribution in [0.15, 0.2) is 83.4 Å². The quantitative estimate of drug-likeness (QED) is 0.662. The Morgan fingerprint density at radius 2 is 1.30 bits per heavy atom. The Hall–Kier alpha value is -1.86. The van der Waals surface area contributed by atoms with Gasteiger partial charge in [0.05, 0.1) is 0 Å². The van der Waals surface area contributed by atoms with Gasteiger partial charge in [-0.25, -0.2) is 0 Å². The van der Waals surface area contributed by atoms with Crippen molar-refractivity contribution in [2.24, 2.45) is 5.92 Å². The summed E-state index contributed by atoms with van der Waals surface area (Å²) in [7, 11) is 0. The maximum Gasteiger partial charge on any atom is 0.0175 e. The Kier molecular flexibility index (Phi) is 3.98. The molecule has 98 valence electrons. The molecule has 0 aromatic heterocycles. The van der Waals surface area contributed by atoms with E-state index in [2.05, 4.69) is 101 Å². The molecule has 2 aromatic rings. The first kappa shape index (κ1) is 13.1. The van der Waals surface area contributed by atoms with Crippen molar-refractivity contribution in [3.05, 3.63) is 88.9 Å². The first-order chi connectivity index (χ1) is 9.81. The van der Waals surface area contributed by atoms with Gasteiger partial charge >= 0.3 is 0 Å². The summed E-state index contributed by atoms with van der Waals surface area (Å²) in [6.45, 7) is 0. The second-order valence-corrected chi connectivity index (χ2v) is 5.75. The topological polar surface area (TPSA) is 0 Å². The molecule has 1 aliphatic rings. The van der Waals surface area contributed by atoms with Gasteiger partial charge in [-0.2, -0.15) is 0 Å². The molecule has 3 rings (SSSR count). The molecule has 0 saturated carbocycles. The minimum Gasteiger partial charge on any atom is -0.0738 e. The highest BCUT2D eigenvalue weighted by atomic mass is 79.9. The number of hydrogen-bond acceptors (Lipinski definition) is 0. The smallest absolute Gasteiger partial charge is 0.0175 e. The van der Waals surface area contributed by atoms with Crippen molar-refractivity contribution < 1.29 is 0 Å². The summed E-state index contributed by atoms with van der Waals surface area (Å²) in [4.78, 5) is 0. The summed E-state index contributed by atoms with van der Waals surface area (Å²) in [6, 6.07) is 17.1. The van der Waals surface area contributed by atoms with E-state index in [0.717, 1.165) is 4.47 Å². The van der Waals surface area contributed by atoms with Crippen LogP contribution in [0.4, 0.5) is 0 Å². The van der Waals surface area contributed by atoms with Crippen molar-refractivity contribution in [2.45, 2.75) is 0 Å². The minimum atomic E-state index is 0.446. The van der Waals surface area contributed by atoms with E-state index in [9.17, 15) is 0 Å². The normalized spacial score (nSPS) is 14.4. The van der Waals surface area contributed by atoms with E-state index in [4.69, 9.17) is 0 Å². The van der Waals surface area contributed by atoms with Gasteiger partial charge in [0.15, 0.2) is 0 Å². The second kappa shape index (κ2) is 6.06. The minimum absolute atomic E-state index is 0.446. The summed E-state index contributed by atoms with van der Waals surface area (Å²) in [5.74, 6) is 0.446. The molecular formula is C19H15Br. The molecule has 2 aromatic carbocycles. The van der Waals surface area contributed by atoms with Gasteiger partial charge in [-0.3, -0.25) is 0 Å². The van der Waals surface area contributed by atoms with Crippen molar-refractivity contribution in [3.8, 4) is 11.1 Å². The molecule has 0 amide bonds. The number of hydrogen-bond donors (Lipinski definition) is 0. The molecule has 1 aliphatic carbocycles. The average molecular weight is 323 g/mol. The van der Waals surface area contributed by atoms with Crippen molar-refractivity contribution in [1.82, 2.24) is 0 Å². The standard InChI is InChI=1S/C19H15Br/c20-19-13-11-18(12-14-19)17-9-7-16(8-10-17)6-5-15-3-1-2-4-15/h1-15H/b6-5+. The molecule has 0 radical (unpaired) electrons. The van der Waals surface area contributed by atoms with Gasteiger partial charge in [0.25, 0.3) is 0 Å². The van der Waals surface area contributed by atoms with Crippen LogP contribution in [0, 0.1) is 5.92 Å². The molecule has 0 bridgehead atoms. The average Bonchev–Trinajstić information content (AvgIpc) is 3.00. The van der Waals surface area contributed by atoms with E-state index < -0.39 is 0 Å². The van der Waals surface area contributed by atoms with E-state index in [-0.39, 0.29) is 0 Å². The predicted molar refractivity (Wildman–Crippen MR) is 90.4 cm³/mol. The lowest BCUT2D eigenvalue weighted by molar-refractivity contribution is 1.10. The Labute approximate surface area is 128 Å². The van der Waals surface area contributed by atoms with Crippen LogP contribution < -0.4 is 0 Å². The third-order valence-corrected chi connectivity index (χ3v) is 3.91. The van der Waals surface area contributed by atoms with Crippen LogP contribution >= 0.6 is 15.9 Å². The highest BCUT2D eigenvalue weighted by molar-refractivity contribution is 9.10. The molecular weight excluding hydrogens is 308 g/mol. The Morgan fingerprint density at radius 1 is 0.750 bits per heavy atom. The van der Waals surface area contributed by atoms with Crippen LogP contribution in [0.25, 0.3) is 17.2 Å². The maximum absolute atomic E-state index is 3.46. The summed E-state index contributed by atoms with van der Waals surface area (Å²) in [6.07, 6.45) is 12.9. The lowest BCUT2D eigenvalue weighted by atomic mass is 10.0. The molecule has 0 heterocycles. The monoisotopic (exact) mass is 322 g/mol. The lowest BCUT2D eigenvalue weighted by Gasteiger charge is -2.03. The first-order valence-electron chi connectivity index (χ1n) is 6.70. The molecule has 0 unspecified atom stereocenters. The van der Waals surface area contributed by atoms with Gasteiger partial charge in [-0.1, -0.05) is 88.8 Å². The van der Waals surface area contributed by atoms with Gasteiger partial charge < -0.3 is 0 Å². The van der Waals surface area contributed by atoms with Crippen molar-refractivity contribution in [1.29, 1.82) is 0 Å². The molecule has 0 N–H and O–H groups in total. The number of benzene rings is 2. The van der Waals surface area contributed by atoms with Crippen molar-refractivity contribution in [2.75, 3.05) is 0 Å². The van der Waals surface area contributed by atoms with E-state index in [1.165, 1.54) is 16.7 Å². The zero-order valence-corrected chi connectivity index (χ0v) is 12.6. The molecule has 0 atom stereocenters. The largest absolute Gasteiger partial charge is 0.0738 e. The summed E-state index contributed by atoms with van der Waals surface area (Å²) in [5.41, 5.74) is 3.72. The number of rotatable bonds is 3. The number of halogens is 1. The third kappa shape index (κ3) is 3.17. The van der Waals surface area contributed by atoms with Crippen LogP contribution in [0.2, 0.25) is 0 Å². The summed E-state index contributed by atoms with van der Waals surface area (Å²) >= 11 is 3.46. The van der Waals surface area contributed by atoms with E-state index >= 15 is 0 Å². The van der Waals surface area contributed by atoms with Gasteiger partial charge in [-0.05, 0) is 28.8 Å². The highest BCUT2D eigenvalue weighted by Crippen LogP contribution is 2.22. The van der Waals surface area contributed by atoms with Crippen LogP contribution in [-0.2, 0) is 0 Å². The number of allylic oxidation sites excluding steroid dienone is 5. The van der Waals surface area contributed by atoms with Gasteiger partial charge in [0.2, 0.25) is 0 Å². The molecule has 0 saturated heterocycles. The summed E-state index contributed by atoms with van der Waals surface area (Å²) in [5, 5.41) is 0. The fourth-order valence-electron chi connectivity index (χ4n) is 2.23. The highest BCUT2D eigenvalue weighted by Gasteiger charge is 1.99. The van der Waals surface area contributed by atoms with Crippen LogP contribution in [0.3, 0.4) is 0 Å². The van der Waals surface area contributed by atoms with Gasteiger partial charge in [-0.15, -0.1) is 0 Å². The van der Waals surface area contributed by atoms with E-state index in [1.54, 1.807) is 0 Å². The van der Waals surface area contributed by atoms with Crippen LogP contribution in [0.5, 0.6) is 0 Å². The van der Waals surface area contributed by atoms with Gasteiger partial charge in [0, 0.05) is 10.4 Å². The SMILES string of the molecule is Brc1ccc(-c2ccc(/C=C/C3C=CC=C3)cc2)cc1. The Morgan fingerprint density at radius 3 is 1.90 bits per heavy atom. The van der Waals surface area contributed by atoms with Crippen molar-refractivity contribution in [3.63, 3.8) is 0 Å². The maximum atomic E-state index is 3.46. The molecule has 1 heteroatoms. The third-order valence-electron chi connectivity index (χ3n) is 3.38. The van der Waals surface area contributed by atoms with Crippen molar-refractivity contribution >= 4 is 22.0 Å². The fraction of sp³-hybridized carbons (Fsp3) is 0.0526. The predicted octanol–water partition coefficient (Wildman–Crippen LogP) is 5.87. The second-order valence-electron chi connectivity index (χ2n) is 4.84. The first-order valence-corrected chi connectivity index (χ1v) is 7.50. The Balaban J connectivity index is 1.75. The fourth-order valence-corrected chi connectivity index (χ4v) is 2.49. The molecule has 0 nitrogen and oxygen atoms in total. The van der Waals surface area contributed by atoms with Crippen LogP contribution in [-0.4, -0.2) is 0 Å². The molecule has 0 aliphatic heterocycles. The molecule has 20 heavy (non-hydrogen) atoms.